The summed E-state index contributed by atoms with van der Waals surface area (Å²) in [4.78, 5) is 1.99. The third kappa shape index (κ3) is 1.23. The van der Waals surface area contributed by atoms with Gasteiger partial charge in [0.15, 0.2) is 5.96 Å². The van der Waals surface area contributed by atoms with Crippen LogP contribution in [0.15, 0.2) is 0 Å². The minimum atomic E-state index is 0.240. The van der Waals surface area contributed by atoms with Crippen LogP contribution < -0.4 is 5.73 Å². The number of guanidine groups is 1. The summed E-state index contributed by atoms with van der Waals surface area (Å²) in [5, 5.41) is 7.23. The van der Waals surface area contributed by atoms with Crippen LogP contribution in [0.3, 0.4) is 0 Å². The molecule has 3 heteroatoms. The number of hydrogen-bond donors (Lipinski definition) is 2. The topological polar surface area (TPSA) is 53.1 Å². The second-order valence-electron chi connectivity index (χ2n) is 2.78. The Bertz CT molecular complexity index is 133. The van der Waals surface area contributed by atoms with Crippen LogP contribution in [-0.2, 0) is 0 Å². The first-order valence-electron chi connectivity index (χ1n) is 3.86. The van der Waals surface area contributed by atoms with Crippen LogP contribution in [0.2, 0.25) is 0 Å². The predicted molar refractivity (Wildman–Crippen MR) is 41.9 cm³/mol. The van der Waals surface area contributed by atoms with Crippen molar-refractivity contribution in [2.45, 2.75) is 32.2 Å². The molecule has 0 radical (unpaired) electrons. The van der Waals surface area contributed by atoms with Crippen LogP contribution in [0.5, 0.6) is 0 Å². The van der Waals surface area contributed by atoms with Crippen LogP contribution in [0.25, 0.3) is 0 Å². The maximum atomic E-state index is 7.23. The molecular weight excluding hydrogens is 126 g/mol. The van der Waals surface area contributed by atoms with Gasteiger partial charge in [0.2, 0.25) is 0 Å². The minimum absolute atomic E-state index is 0.240. The summed E-state index contributed by atoms with van der Waals surface area (Å²) in [6.45, 7) is 3.12. The van der Waals surface area contributed by atoms with Gasteiger partial charge in [-0.15, -0.1) is 0 Å². The van der Waals surface area contributed by atoms with Crippen molar-refractivity contribution in [2.75, 3.05) is 6.54 Å². The van der Waals surface area contributed by atoms with E-state index in [4.69, 9.17) is 11.1 Å². The van der Waals surface area contributed by atoms with Crippen molar-refractivity contribution in [1.29, 1.82) is 5.41 Å². The molecule has 0 aromatic carbocycles. The second kappa shape index (κ2) is 2.90. The van der Waals surface area contributed by atoms with Crippen molar-refractivity contribution < 1.29 is 0 Å². The van der Waals surface area contributed by atoms with E-state index in [0.717, 1.165) is 13.0 Å². The molecule has 10 heavy (non-hydrogen) atoms. The summed E-state index contributed by atoms with van der Waals surface area (Å²) >= 11 is 0. The van der Waals surface area contributed by atoms with Gasteiger partial charge in [-0.1, -0.05) is 6.92 Å². The Labute approximate surface area is 61.7 Å². The fourth-order valence-corrected chi connectivity index (χ4v) is 1.58. The fraction of sp³-hybridized carbons (Fsp3) is 0.857. The molecular formula is C7H15N3. The van der Waals surface area contributed by atoms with Crippen LogP contribution in [0, 0.1) is 5.41 Å². The van der Waals surface area contributed by atoms with Crippen LogP contribution in [-0.4, -0.2) is 23.4 Å². The molecule has 1 heterocycles. The van der Waals surface area contributed by atoms with E-state index in [-0.39, 0.29) is 5.96 Å². The van der Waals surface area contributed by atoms with E-state index >= 15 is 0 Å². The van der Waals surface area contributed by atoms with Crippen LogP contribution >= 0.6 is 0 Å². The fourth-order valence-electron chi connectivity index (χ4n) is 1.58. The molecule has 3 nitrogen and oxygen atoms in total. The van der Waals surface area contributed by atoms with Gasteiger partial charge in [0, 0.05) is 12.6 Å². The molecule has 3 N–H and O–H groups in total. The average molecular weight is 141 g/mol. The molecule has 58 valence electrons. The van der Waals surface area contributed by atoms with Gasteiger partial charge >= 0.3 is 0 Å². The molecule has 1 rings (SSSR count). The first kappa shape index (κ1) is 7.38. The Morgan fingerprint density at radius 3 is 2.90 bits per heavy atom. The lowest BCUT2D eigenvalue weighted by Crippen LogP contribution is -2.39. The Hall–Kier alpha value is -0.730. The molecule has 0 spiro atoms. The molecule has 0 amide bonds. The summed E-state index contributed by atoms with van der Waals surface area (Å²) in [6.07, 6.45) is 3.51. The van der Waals surface area contributed by atoms with Crippen LogP contribution in [0.1, 0.15) is 26.2 Å². The zero-order valence-electron chi connectivity index (χ0n) is 6.43. The molecule has 1 atom stereocenters. The normalized spacial score (nSPS) is 25.3. The lowest BCUT2D eigenvalue weighted by Gasteiger charge is -2.22. The summed E-state index contributed by atoms with van der Waals surface area (Å²) < 4.78 is 0. The Kier molecular flexibility index (Phi) is 2.14. The van der Waals surface area contributed by atoms with Gasteiger partial charge in [-0.05, 0) is 19.3 Å². The number of likely N-dealkylation sites (tertiary alicyclic amines) is 1. The van der Waals surface area contributed by atoms with Gasteiger partial charge in [-0.3, -0.25) is 5.41 Å². The van der Waals surface area contributed by atoms with Crippen molar-refractivity contribution in [3.8, 4) is 0 Å². The summed E-state index contributed by atoms with van der Waals surface area (Å²) in [7, 11) is 0. The molecule has 0 aliphatic carbocycles. The maximum absolute atomic E-state index is 7.23. The van der Waals surface area contributed by atoms with Crippen molar-refractivity contribution in [3.63, 3.8) is 0 Å². The van der Waals surface area contributed by atoms with Gasteiger partial charge < -0.3 is 10.6 Å². The Balaban J connectivity index is 2.50. The number of rotatable bonds is 1. The summed E-state index contributed by atoms with van der Waals surface area (Å²) in [6, 6.07) is 0.539. The standard InChI is InChI=1S/C7H15N3/c1-2-6-4-3-5-10(6)7(8)9/h6H,2-5H2,1H3,(H3,8,9). The SMILES string of the molecule is CCC1CCCN1C(=N)N. The number of hydrogen-bond acceptors (Lipinski definition) is 1. The zero-order chi connectivity index (χ0) is 7.56. The van der Waals surface area contributed by atoms with E-state index in [2.05, 4.69) is 6.92 Å². The maximum Gasteiger partial charge on any atom is 0.188 e. The lowest BCUT2D eigenvalue weighted by atomic mass is 10.2. The van der Waals surface area contributed by atoms with E-state index in [1.807, 2.05) is 4.90 Å². The number of nitrogens with zero attached hydrogens (tertiary/aromatic N) is 1. The smallest absolute Gasteiger partial charge is 0.188 e. The molecule has 1 aliphatic heterocycles. The highest BCUT2D eigenvalue weighted by Crippen LogP contribution is 2.18. The van der Waals surface area contributed by atoms with Gasteiger partial charge in [-0.2, -0.15) is 0 Å². The van der Waals surface area contributed by atoms with Crippen molar-refractivity contribution >= 4 is 5.96 Å². The van der Waals surface area contributed by atoms with E-state index in [1.54, 1.807) is 0 Å². The number of nitrogens with one attached hydrogen (secondary N) is 1. The Morgan fingerprint density at radius 1 is 1.80 bits per heavy atom. The van der Waals surface area contributed by atoms with Gasteiger partial charge in [0.05, 0.1) is 0 Å². The van der Waals surface area contributed by atoms with Gasteiger partial charge in [-0.25, -0.2) is 0 Å². The molecule has 1 aliphatic rings. The third-order valence-corrected chi connectivity index (χ3v) is 2.16. The van der Waals surface area contributed by atoms with E-state index < -0.39 is 0 Å². The average Bonchev–Trinajstić information content (AvgIpc) is 2.33. The largest absolute Gasteiger partial charge is 0.370 e. The monoisotopic (exact) mass is 141 g/mol. The summed E-state index contributed by atoms with van der Waals surface area (Å²) in [5.41, 5.74) is 5.37. The Morgan fingerprint density at radius 2 is 2.50 bits per heavy atom. The highest BCUT2D eigenvalue weighted by atomic mass is 15.3. The number of nitrogens with two attached hydrogens (primary N) is 1. The molecule has 1 saturated heterocycles. The first-order valence-corrected chi connectivity index (χ1v) is 3.86. The summed E-state index contributed by atoms with van der Waals surface area (Å²) in [5.74, 6) is 0.240. The highest BCUT2D eigenvalue weighted by Gasteiger charge is 2.22. The quantitative estimate of drug-likeness (QED) is 0.418. The second-order valence-corrected chi connectivity index (χ2v) is 2.78. The lowest BCUT2D eigenvalue weighted by molar-refractivity contribution is 0.373. The molecule has 0 aromatic rings. The van der Waals surface area contributed by atoms with Crippen molar-refractivity contribution in [2.24, 2.45) is 5.73 Å². The highest BCUT2D eigenvalue weighted by molar-refractivity contribution is 5.75. The van der Waals surface area contributed by atoms with E-state index in [1.165, 1.54) is 12.8 Å². The first-order chi connectivity index (χ1) is 4.75. The molecule has 0 aromatic heterocycles. The van der Waals surface area contributed by atoms with E-state index in [9.17, 15) is 0 Å². The van der Waals surface area contributed by atoms with Gasteiger partial charge in [0.25, 0.3) is 0 Å². The molecule has 0 saturated carbocycles. The van der Waals surface area contributed by atoms with Crippen molar-refractivity contribution in [3.05, 3.63) is 0 Å². The van der Waals surface area contributed by atoms with Crippen LogP contribution in [0.4, 0.5) is 0 Å². The third-order valence-electron chi connectivity index (χ3n) is 2.16. The zero-order valence-corrected chi connectivity index (χ0v) is 6.43. The van der Waals surface area contributed by atoms with Crippen molar-refractivity contribution in [1.82, 2.24) is 4.90 Å². The minimum Gasteiger partial charge on any atom is -0.370 e. The molecule has 1 fully saturated rings. The molecule has 1 unspecified atom stereocenters. The van der Waals surface area contributed by atoms with Gasteiger partial charge in [0.1, 0.15) is 0 Å². The predicted octanol–water partition coefficient (Wildman–Crippen LogP) is 0.754. The van der Waals surface area contributed by atoms with E-state index in [0.29, 0.717) is 6.04 Å². The molecule has 0 bridgehead atoms.